The first-order valence-corrected chi connectivity index (χ1v) is 6.59. The predicted octanol–water partition coefficient (Wildman–Crippen LogP) is 3.45. The molecular weight excluding hydrogens is 264 g/mol. The second-order valence-electron chi connectivity index (χ2n) is 4.73. The van der Waals surface area contributed by atoms with E-state index in [4.69, 9.17) is 0 Å². The SMILES string of the molecule is Cn1nc(-c2ccccc2)c(-c2ccccc2)c1C(=O)O. The van der Waals surface area contributed by atoms with Crippen LogP contribution in [0.15, 0.2) is 60.7 Å². The summed E-state index contributed by atoms with van der Waals surface area (Å²) in [5.41, 5.74) is 3.28. The maximum Gasteiger partial charge on any atom is 0.354 e. The highest BCUT2D eigenvalue weighted by molar-refractivity contribution is 5.99. The molecule has 0 amide bonds. The third kappa shape index (κ3) is 2.31. The van der Waals surface area contributed by atoms with E-state index in [1.54, 1.807) is 7.05 Å². The fraction of sp³-hybridized carbons (Fsp3) is 0.0588. The summed E-state index contributed by atoms with van der Waals surface area (Å²) in [6.45, 7) is 0. The number of carbonyl (C=O) groups is 1. The summed E-state index contributed by atoms with van der Waals surface area (Å²) in [6.07, 6.45) is 0. The molecule has 0 unspecified atom stereocenters. The zero-order chi connectivity index (χ0) is 14.8. The number of benzene rings is 2. The van der Waals surface area contributed by atoms with Crippen LogP contribution in [-0.4, -0.2) is 20.9 Å². The Hall–Kier alpha value is -2.88. The third-order valence-electron chi connectivity index (χ3n) is 3.36. The Balaban J connectivity index is 2.32. The zero-order valence-electron chi connectivity index (χ0n) is 11.5. The minimum Gasteiger partial charge on any atom is -0.477 e. The molecule has 0 aliphatic rings. The minimum absolute atomic E-state index is 0.194. The van der Waals surface area contributed by atoms with Crippen LogP contribution < -0.4 is 0 Å². The van der Waals surface area contributed by atoms with Crippen LogP contribution in [0.4, 0.5) is 0 Å². The summed E-state index contributed by atoms with van der Waals surface area (Å²) in [5.74, 6) is -0.981. The molecule has 0 spiro atoms. The summed E-state index contributed by atoms with van der Waals surface area (Å²) in [5, 5.41) is 13.9. The number of hydrogen-bond acceptors (Lipinski definition) is 2. The second-order valence-corrected chi connectivity index (χ2v) is 4.73. The van der Waals surface area contributed by atoms with Gasteiger partial charge in [-0.1, -0.05) is 60.7 Å². The van der Waals surface area contributed by atoms with Crippen molar-refractivity contribution >= 4 is 5.97 Å². The Morgan fingerprint density at radius 2 is 1.48 bits per heavy atom. The van der Waals surface area contributed by atoms with Gasteiger partial charge < -0.3 is 5.11 Å². The van der Waals surface area contributed by atoms with Gasteiger partial charge in [-0.2, -0.15) is 5.10 Å². The molecule has 1 N–H and O–H groups in total. The molecule has 0 aliphatic heterocycles. The molecule has 0 radical (unpaired) electrons. The van der Waals surface area contributed by atoms with Crippen LogP contribution in [0.25, 0.3) is 22.4 Å². The van der Waals surface area contributed by atoms with Crippen molar-refractivity contribution in [2.45, 2.75) is 0 Å². The highest BCUT2D eigenvalue weighted by Crippen LogP contribution is 2.34. The lowest BCUT2D eigenvalue weighted by Gasteiger charge is -2.04. The lowest BCUT2D eigenvalue weighted by atomic mass is 9.99. The maximum atomic E-state index is 11.6. The second kappa shape index (κ2) is 5.25. The average molecular weight is 278 g/mol. The van der Waals surface area contributed by atoms with Gasteiger partial charge in [0.05, 0.1) is 0 Å². The molecule has 0 saturated carbocycles. The Morgan fingerprint density at radius 1 is 0.952 bits per heavy atom. The van der Waals surface area contributed by atoms with Gasteiger partial charge in [0, 0.05) is 18.2 Å². The van der Waals surface area contributed by atoms with E-state index in [0.717, 1.165) is 11.1 Å². The number of aromatic carboxylic acids is 1. The molecule has 3 aromatic rings. The van der Waals surface area contributed by atoms with Crippen LogP contribution >= 0.6 is 0 Å². The highest BCUT2D eigenvalue weighted by atomic mass is 16.4. The molecule has 1 heterocycles. The van der Waals surface area contributed by atoms with Gasteiger partial charge in [-0.15, -0.1) is 0 Å². The number of aromatic nitrogens is 2. The summed E-state index contributed by atoms with van der Waals surface area (Å²) in [6, 6.07) is 19.1. The Morgan fingerprint density at radius 3 is 2.00 bits per heavy atom. The van der Waals surface area contributed by atoms with Crippen LogP contribution in [0.3, 0.4) is 0 Å². The summed E-state index contributed by atoms with van der Waals surface area (Å²) in [4.78, 5) is 11.6. The molecule has 0 aliphatic carbocycles. The van der Waals surface area contributed by atoms with Gasteiger partial charge in [0.15, 0.2) is 5.69 Å². The van der Waals surface area contributed by atoms with Gasteiger partial charge in [-0.25, -0.2) is 4.79 Å². The van der Waals surface area contributed by atoms with Crippen LogP contribution in [0.5, 0.6) is 0 Å². The topological polar surface area (TPSA) is 55.1 Å². The first-order valence-electron chi connectivity index (χ1n) is 6.59. The molecule has 4 heteroatoms. The largest absolute Gasteiger partial charge is 0.477 e. The van der Waals surface area contributed by atoms with Crippen molar-refractivity contribution in [3.05, 3.63) is 66.4 Å². The fourth-order valence-electron chi connectivity index (χ4n) is 2.45. The van der Waals surface area contributed by atoms with Crippen LogP contribution in [0.1, 0.15) is 10.5 Å². The van der Waals surface area contributed by atoms with Crippen molar-refractivity contribution in [2.24, 2.45) is 7.05 Å². The van der Waals surface area contributed by atoms with Crippen LogP contribution in [0, 0.1) is 0 Å². The molecule has 0 saturated heterocycles. The Bertz CT molecular complexity index is 777. The van der Waals surface area contributed by atoms with Crippen molar-refractivity contribution in [2.75, 3.05) is 0 Å². The molecule has 3 rings (SSSR count). The molecular formula is C17H14N2O2. The van der Waals surface area contributed by atoms with Crippen molar-refractivity contribution in [3.63, 3.8) is 0 Å². The lowest BCUT2D eigenvalue weighted by Crippen LogP contribution is -2.06. The molecule has 0 atom stereocenters. The summed E-state index contributed by atoms with van der Waals surface area (Å²) >= 11 is 0. The quantitative estimate of drug-likeness (QED) is 0.798. The molecule has 2 aromatic carbocycles. The molecule has 0 bridgehead atoms. The van der Waals surface area contributed by atoms with Crippen molar-refractivity contribution in [3.8, 4) is 22.4 Å². The number of rotatable bonds is 3. The summed E-state index contributed by atoms with van der Waals surface area (Å²) in [7, 11) is 1.66. The first-order chi connectivity index (χ1) is 10.2. The van der Waals surface area contributed by atoms with E-state index in [1.165, 1.54) is 4.68 Å². The van der Waals surface area contributed by atoms with E-state index in [2.05, 4.69) is 5.10 Å². The Kier molecular flexibility index (Phi) is 3.28. The first kappa shape index (κ1) is 13.1. The molecule has 21 heavy (non-hydrogen) atoms. The van der Waals surface area contributed by atoms with Gasteiger partial charge in [-0.3, -0.25) is 4.68 Å². The normalized spacial score (nSPS) is 10.5. The fourth-order valence-corrected chi connectivity index (χ4v) is 2.45. The van der Waals surface area contributed by atoms with E-state index in [9.17, 15) is 9.90 Å². The molecule has 104 valence electrons. The van der Waals surface area contributed by atoms with E-state index >= 15 is 0 Å². The van der Waals surface area contributed by atoms with Crippen LogP contribution in [-0.2, 0) is 7.05 Å². The van der Waals surface area contributed by atoms with Crippen molar-refractivity contribution in [1.82, 2.24) is 9.78 Å². The van der Waals surface area contributed by atoms with Crippen molar-refractivity contribution in [1.29, 1.82) is 0 Å². The number of nitrogens with zero attached hydrogens (tertiary/aromatic N) is 2. The number of carboxylic acid groups (broad SMARTS) is 1. The van der Waals surface area contributed by atoms with Gasteiger partial charge in [0.25, 0.3) is 0 Å². The summed E-state index contributed by atoms with van der Waals surface area (Å²) < 4.78 is 1.42. The van der Waals surface area contributed by atoms with E-state index < -0.39 is 5.97 Å². The number of aryl methyl sites for hydroxylation is 1. The standard InChI is InChI=1S/C17H14N2O2/c1-19-16(17(20)21)14(12-8-4-2-5-9-12)15(18-19)13-10-6-3-7-11-13/h2-11H,1H3,(H,20,21). The van der Waals surface area contributed by atoms with Gasteiger partial charge in [-0.05, 0) is 5.56 Å². The maximum absolute atomic E-state index is 11.6. The highest BCUT2D eigenvalue weighted by Gasteiger charge is 2.23. The number of hydrogen-bond donors (Lipinski definition) is 1. The van der Waals surface area contributed by atoms with Crippen molar-refractivity contribution < 1.29 is 9.90 Å². The smallest absolute Gasteiger partial charge is 0.354 e. The molecule has 4 nitrogen and oxygen atoms in total. The third-order valence-corrected chi connectivity index (χ3v) is 3.36. The monoisotopic (exact) mass is 278 g/mol. The average Bonchev–Trinajstić information content (AvgIpc) is 2.86. The van der Waals surface area contributed by atoms with E-state index in [1.807, 2.05) is 60.7 Å². The van der Waals surface area contributed by atoms with Crippen LogP contribution in [0.2, 0.25) is 0 Å². The number of carboxylic acids is 1. The molecule has 1 aromatic heterocycles. The van der Waals surface area contributed by atoms with E-state index in [0.29, 0.717) is 11.3 Å². The van der Waals surface area contributed by atoms with E-state index in [-0.39, 0.29) is 5.69 Å². The Labute approximate surface area is 122 Å². The van der Waals surface area contributed by atoms with Gasteiger partial charge >= 0.3 is 5.97 Å². The minimum atomic E-state index is -0.981. The predicted molar refractivity (Wildman–Crippen MR) is 81.0 cm³/mol. The zero-order valence-corrected chi connectivity index (χ0v) is 11.5. The van der Waals surface area contributed by atoms with Gasteiger partial charge in [0.1, 0.15) is 5.69 Å². The lowest BCUT2D eigenvalue weighted by molar-refractivity contribution is 0.0686. The molecule has 0 fully saturated rings. The van der Waals surface area contributed by atoms with Gasteiger partial charge in [0.2, 0.25) is 0 Å².